The molecule has 3 aromatic rings. The first-order valence-electron chi connectivity index (χ1n) is 13.4. The van der Waals surface area contributed by atoms with Crippen molar-refractivity contribution in [3.63, 3.8) is 0 Å². The molecule has 3 rings (SSSR count). The average Bonchev–Trinajstić information content (AvgIpc) is 2.90. The van der Waals surface area contributed by atoms with Crippen LogP contribution in [0.25, 0.3) is 0 Å². The Balaban J connectivity index is 2.07. The molecule has 0 heterocycles. The van der Waals surface area contributed by atoms with Crippen molar-refractivity contribution < 1.29 is 18.0 Å². The predicted octanol–water partition coefficient (Wildman–Crippen LogP) is 5.28. The molecule has 9 heteroatoms. The van der Waals surface area contributed by atoms with Gasteiger partial charge in [-0.1, -0.05) is 85.6 Å². The lowest BCUT2D eigenvalue weighted by molar-refractivity contribution is -0.140. The second-order valence-corrected chi connectivity index (χ2v) is 12.4. The molecule has 0 fully saturated rings. The summed E-state index contributed by atoms with van der Waals surface area (Å²) in [5.74, 6) is -0.773. The fourth-order valence-corrected chi connectivity index (χ4v) is 5.84. The number of aryl methyl sites for hydroxylation is 2. The SMILES string of the molecule is CCCCNC(=O)C(Cc1ccccc1)N(Cc1cccc(Cl)c1)C(=O)CN(c1c(C)cccc1C)S(C)(=O)=O. The Morgan fingerprint density at radius 1 is 0.925 bits per heavy atom. The van der Waals surface area contributed by atoms with Gasteiger partial charge in [0.1, 0.15) is 12.6 Å². The summed E-state index contributed by atoms with van der Waals surface area (Å²) < 4.78 is 27.2. The van der Waals surface area contributed by atoms with Gasteiger partial charge < -0.3 is 10.2 Å². The molecule has 7 nitrogen and oxygen atoms in total. The number of rotatable bonds is 13. The minimum atomic E-state index is -3.83. The van der Waals surface area contributed by atoms with E-state index in [4.69, 9.17) is 11.6 Å². The summed E-state index contributed by atoms with van der Waals surface area (Å²) in [5, 5.41) is 3.48. The van der Waals surface area contributed by atoms with Crippen molar-refractivity contribution in [2.24, 2.45) is 0 Å². The molecular weight excluding hydrogens is 546 g/mol. The van der Waals surface area contributed by atoms with E-state index in [2.05, 4.69) is 5.32 Å². The number of benzene rings is 3. The van der Waals surface area contributed by atoms with Gasteiger partial charge in [-0.3, -0.25) is 13.9 Å². The van der Waals surface area contributed by atoms with Crippen molar-refractivity contribution >= 4 is 39.1 Å². The van der Waals surface area contributed by atoms with Gasteiger partial charge in [-0.2, -0.15) is 0 Å². The highest BCUT2D eigenvalue weighted by atomic mass is 35.5. The molecule has 0 spiro atoms. The van der Waals surface area contributed by atoms with Gasteiger partial charge in [0.15, 0.2) is 0 Å². The quantitative estimate of drug-likeness (QED) is 0.277. The maximum absolute atomic E-state index is 14.2. The second-order valence-electron chi connectivity index (χ2n) is 10.0. The van der Waals surface area contributed by atoms with Crippen molar-refractivity contribution in [1.29, 1.82) is 0 Å². The molecule has 40 heavy (non-hydrogen) atoms. The van der Waals surface area contributed by atoms with Gasteiger partial charge in [-0.05, 0) is 54.7 Å². The molecule has 0 aliphatic heterocycles. The molecule has 0 saturated heterocycles. The molecule has 2 amide bonds. The lowest BCUT2D eigenvalue weighted by Gasteiger charge is -2.34. The van der Waals surface area contributed by atoms with Gasteiger partial charge in [0.2, 0.25) is 21.8 Å². The summed E-state index contributed by atoms with van der Waals surface area (Å²) in [5.41, 5.74) is 3.55. The van der Waals surface area contributed by atoms with Crippen LogP contribution < -0.4 is 9.62 Å². The Labute approximate surface area is 243 Å². The largest absolute Gasteiger partial charge is 0.354 e. The summed E-state index contributed by atoms with van der Waals surface area (Å²) in [7, 11) is -3.83. The number of carbonyl (C=O) groups excluding carboxylic acids is 2. The summed E-state index contributed by atoms with van der Waals surface area (Å²) in [4.78, 5) is 29.3. The van der Waals surface area contributed by atoms with E-state index in [-0.39, 0.29) is 18.9 Å². The second kappa shape index (κ2) is 14.3. The Kier molecular flexibility index (Phi) is 11.2. The van der Waals surface area contributed by atoms with Crippen molar-refractivity contribution in [2.75, 3.05) is 23.7 Å². The van der Waals surface area contributed by atoms with E-state index < -0.39 is 28.5 Å². The number of para-hydroxylation sites is 1. The summed E-state index contributed by atoms with van der Waals surface area (Å²) in [6, 6.07) is 21.2. The van der Waals surface area contributed by atoms with E-state index in [1.807, 2.05) is 75.4 Å². The predicted molar refractivity (Wildman–Crippen MR) is 162 cm³/mol. The molecule has 3 aromatic carbocycles. The van der Waals surface area contributed by atoms with E-state index in [0.717, 1.165) is 45.7 Å². The first kappa shape index (κ1) is 31.2. The van der Waals surface area contributed by atoms with Crippen molar-refractivity contribution in [3.8, 4) is 0 Å². The highest BCUT2D eigenvalue weighted by Gasteiger charge is 2.33. The van der Waals surface area contributed by atoms with Gasteiger partial charge in [-0.15, -0.1) is 0 Å². The topological polar surface area (TPSA) is 86.8 Å². The molecule has 0 bridgehead atoms. The van der Waals surface area contributed by atoms with E-state index in [0.29, 0.717) is 17.3 Å². The molecule has 0 aliphatic rings. The van der Waals surface area contributed by atoms with Gasteiger partial charge >= 0.3 is 0 Å². The van der Waals surface area contributed by atoms with Gasteiger partial charge in [0.05, 0.1) is 11.9 Å². The Bertz CT molecular complexity index is 1390. The maximum Gasteiger partial charge on any atom is 0.244 e. The van der Waals surface area contributed by atoms with Crippen LogP contribution in [0.1, 0.15) is 42.0 Å². The molecule has 0 aliphatic carbocycles. The Morgan fingerprint density at radius 2 is 1.55 bits per heavy atom. The number of halogens is 1. The summed E-state index contributed by atoms with van der Waals surface area (Å²) in [6.45, 7) is 5.79. The molecule has 0 aromatic heterocycles. The van der Waals surface area contributed by atoms with Gasteiger partial charge in [0, 0.05) is 24.5 Å². The van der Waals surface area contributed by atoms with Crippen LogP contribution in [0.5, 0.6) is 0 Å². The third-order valence-corrected chi connectivity index (χ3v) is 8.06. The molecule has 0 saturated carbocycles. The average molecular weight is 584 g/mol. The molecule has 1 N–H and O–H groups in total. The zero-order valence-corrected chi connectivity index (χ0v) is 25.1. The minimum absolute atomic E-state index is 0.0858. The smallest absolute Gasteiger partial charge is 0.244 e. The number of hydrogen-bond donors (Lipinski definition) is 1. The number of unbranched alkanes of at least 4 members (excludes halogenated alkanes) is 1. The standard InChI is InChI=1S/C31H38ClN3O4S/c1-5-6-18-33-31(37)28(20-25-14-8-7-9-15-25)34(21-26-16-11-17-27(32)19-26)29(36)22-35(40(4,38)39)30-23(2)12-10-13-24(30)3/h7-17,19,28H,5-6,18,20-22H2,1-4H3,(H,33,37). The highest BCUT2D eigenvalue weighted by molar-refractivity contribution is 7.92. The number of anilines is 1. The molecule has 1 unspecified atom stereocenters. The van der Waals surface area contributed by atoms with Crippen molar-refractivity contribution in [2.45, 2.75) is 52.6 Å². The number of amides is 2. The lowest BCUT2D eigenvalue weighted by Crippen LogP contribution is -2.53. The first-order valence-corrected chi connectivity index (χ1v) is 15.6. The molecule has 214 valence electrons. The minimum Gasteiger partial charge on any atom is -0.354 e. The maximum atomic E-state index is 14.2. The van der Waals surface area contributed by atoms with Gasteiger partial charge in [0.25, 0.3) is 0 Å². The van der Waals surface area contributed by atoms with E-state index in [1.54, 1.807) is 18.2 Å². The van der Waals surface area contributed by atoms with Gasteiger partial charge in [-0.25, -0.2) is 8.42 Å². The number of carbonyl (C=O) groups is 2. The van der Waals surface area contributed by atoms with Crippen LogP contribution in [0, 0.1) is 13.8 Å². The first-order chi connectivity index (χ1) is 19.0. The summed E-state index contributed by atoms with van der Waals surface area (Å²) >= 11 is 6.25. The fraction of sp³-hybridized carbons (Fsp3) is 0.355. The number of sulfonamides is 1. The fourth-order valence-electron chi connectivity index (χ4n) is 4.67. The normalized spacial score (nSPS) is 12.0. The Morgan fingerprint density at radius 3 is 2.15 bits per heavy atom. The number of nitrogens with zero attached hydrogens (tertiary/aromatic N) is 2. The van der Waals surface area contributed by atoms with E-state index in [1.165, 1.54) is 4.90 Å². The van der Waals surface area contributed by atoms with E-state index >= 15 is 0 Å². The third kappa shape index (κ3) is 8.57. The number of nitrogens with one attached hydrogen (secondary N) is 1. The monoisotopic (exact) mass is 583 g/mol. The van der Waals surface area contributed by atoms with Crippen molar-refractivity contribution in [3.05, 3.63) is 100 Å². The molecular formula is C31H38ClN3O4S. The lowest BCUT2D eigenvalue weighted by atomic mass is 10.0. The summed E-state index contributed by atoms with van der Waals surface area (Å²) in [6.07, 6.45) is 3.08. The van der Waals surface area contributed by atoms with Crippen molar-refractivity contribution in [1.82, 2.24) is 10.2 Å². The van der Waals surface area contributed by atoms with Crippen LogP contribution in [-0.4, -0.2) is 50.5 Å². The van der Waals surface area contributed by atoms with Crippen LogP contribution in [0.2, 0.25) is 5.02 Å². The Hall–Kier alpha value is -3.36. The zero-order chi connectivity index (χ0) is 29.3. The van der Waals surface area contributed by atoms with Crippen LogP contribution in [0.4, 0.5) is 5.69 Å². The van der Waals surface area contributed by atoms with Crippen LogP contribution >= 0.6 is 11.6 Å². The molecule has 1 atom stereocenters. The number of hydrogen-bond acceptors (Lipinski definition) is 4. The third-order valence-electron chi connectivity index (χ3n) is 6.71. The van der Waals surface area contributed by atoms with Crippen LogP contribution in [0.3, 0.4) is 0 Å². The highest BCUT2D eigenvalue weighted by Crippen LogP contribution is 2.27. The van der Waals surface area contributed by atoms with Crippen LogP contribution in [0.15, 0.2) is 72.8 Å². The van der Waals surface area contributed by atoms with E-state index in [9.17, 15) is 18.0 Å². The molecule has 0 radical (unpaired) electrons. The zero-order valence-electron chi connectivity index (χ0n) is 23.6. The van der Waals surface area contributed by atoms with Crippen LogP contribution in [-0.2, 0) is 32.6 Å².